The number of benzene rings is 1. The van der Waals surface area contributed by atoms with Crippen LogP contribution in [0.15, 0.2) is 24.3 Å². The lowest BCUT2D eigenvalue weighted by Gasteiger charge is -2.18. The zero-order chi connectivity index (χ0) is 18.0. The summed E-state index contributed by atoms with van der Waals surface area (Å²) in [6.07, 6.45) is 3.06. The van der Waals surface area contributed by atoms with Crippen LogP contribution in [-0.2, 0) is 14.3 Å². The van der Waals surface area contributed by atoms with Crippen LogP contribution in [0.25, 0.3) is 0 Å². The maximum absolute atomic E-state index is 12.2. The van der Waals surface area contributed by atoms with Crippen LogP contribution < -0.4 is 5.32 Å². The molecule has 3 amide bonds. The molecular weight excluding hydrogens is 324 g/mol. The molecule has 132 valence electrons. The Morgan fingerprint density at radius 1 is 1.16 bits per heavy atom. The van der Waals surface area contributed by atoms with Crippen LogP contribution in [0.3, 0.4) is 0 Å². The number of carbonyl (C=O) groups excluding carboxylic acids is 4. The van der Waals surface area contributed by atoms with Gasteiger partial charge in [-0.2, -0.15) is 0 Å². The Balaban J connectivity index is 1.55. The van der Waals surface area contributed by atoms with Crippen LogP contribution in [0.5, 0.6) is 0 Å². The van der Waals surface area contributed by atoms with E-state index in [1.165, 1.54) is 6.92 Å². The molecule has 7 heteroatoms. The van der Waals surface area contributed by atoms with Gasteiger partial charge in [0.25, 0.3) is 17.7 Å². The van der Waals surface area contributed by atoms with Gasteiger partial charge in [-0.15, -0.1) is 0 Å². The molecule has 1 atom stereocenters. The van der Waals surface area contributed by atoms with Crippen LogP contribution in [0, 0.1) is 0 Å². The first-order valence-electron chi connectivity index (χ1n) is 8.42. The number of ether oxygens (including phenoxy) is 1. The minimum absolute atomic E-state index is 0.130. The third-order valence-corrected chi connectivity index (χ3v) is 4.54. The quantitative estimate of drug-likeness (QED) is 0.641. The Labute approximate surface area is 145 Å². The van der Waals surface area contributed by atoms with E-state index in [2.05, 4.69) is 5.32 Å². The van der Waals surface area contributed by atoms with E-state index in [1.807, 2.05) is 0 Å². The molecule has 25 heavy (non-hydrogen) atoms. The summed E-state index contributed by atoms with van der Waals surface area (Å²) >= 11 is 0. The number of esters is 1. The number of carbonyl (C=O) groups is 4. The third kappa shape index (κ3) is 3.55. The molecule has 7 nitrogen and oxygen atoms in total. The van der Waals surface area contributed by atoms with Crippen molar-refractivity contribution >= 4 is 23.7 Å². The van der Waals surface area contributed by atoms with Gasteiger partial charge in [-0.25, -0.2) is 0 Å². The fraction of sp³-hybridized carbons (Fsp3) is 0.444. The van der Waals surface area contributed by atoms with E-state index in [0.29, 0.717) is 0 Å². The van der Waals surface area contributed by atoms with E-state index < -0.39 is 30.4 Å². The van der Waals surface area contributed by atoms with Crippen LogP contribution >= 0.6 is 0 Å². The summed E-state index contributed by atoms with van der Waals surface area (Å²) in [5, 5.41) is 2.85. The van der Waals surface area contributed by atoms with Gasteiger partial charge in [0.15, 0.2) is 6.10 Å². The molecule has 1 N–H and O–H groups in total. The average molecular weight is 344 g/mol. The zero-order valence-corrected chi connectivity index (χ0v) is 14.0. The Morgan fingerprint density at radius 2 is 1.72 bits per heavy atom. The molecule has 1 aromatic rings. The molecule has 0 saturated heterocycles. The normalized spacial score (nSPS) is 18.2. The predicted molar refractivity (Wildman–Crippen MR) is 87.8 cm³/mol. The van der Waals surface area contributed by atoms with Crippen molar-refractivity contribution in [2.45, 2.75) is 44.8 Å². The lowest BCUT2D eigenvalue weighted by molar-refractivity contribution is -0.155. The minimum atomic E-state index is -0.969. The van der Waals surface area contributed by atoms with Gasteiger partial charge in [0.2, 0.25) is 0 Å². The first-order valence-corrected chi connectivity index (χ1v) is 8.42. The van der Waals surface area contributed by atoms with E-state index in [0.717, 1.165) is 30.6 Å². The van der Waals surface area contributed by atoms with Crippen molar-refractivity contribution in [2.24, 2.45) is 0 Å². The molecular formula is C18H20N2O5. The van der Waals surface area contributed by atoms with Gasteiger partial charge < -0.3 is 10.1 Å². The van der Waals surface area contributed by atoms with Crippen molar-refractivity contribution in [3.05, 3.63) is 35.4 Å². The van der Waals surface area contributed by atoms with E-state index in [-0.39, 0.29) is 23.1 Å². The highest BCUT2D eigenvalue weighted by molar-refractivity contribution is 6.22. The largest absolute Gasteiger partial charge is 0.451 e. The van der Waals surface area contributed by atoms with Gasteiger partial charge in [-0.3, -0.25) is 24.1 Å². The lowest BCUT2D eigenvalue weighted by Crippen LogP contribution is -2.43. The van der Waals surface area contributed by atoms with Gasteiger partial charge in [0.05, 0.1) is 11.1 Å². The Morgan fingerprint density at radius 3 is 2.28 bits per heavy atom. The van der Waals surface area contributed by atoms with E-state index in [1.54, 1.807) is 24.3 Å². The van der Waals surface area contributed by atoms with E-state index in [4.69, 9.17) is 4.74 Å². The number of nitrogens with one attached hydrogen (secondary N) is 1. The molecule has 0 unspecified atom stereocenters. The molecule has 1 aliphatic carbocycles. The van der Waals surface area contributed by atoms with Gasteiger partial charge in [-0.1, -0.05) is 25.0 Å². The topological polar surface area (TPSA) is 92.8 Å². The van der Waals surface area contributed by atoms with Gasteiger partial charge >= 0.3 is 5.97 Å². The van der Waals surface area contributed by atoms with Crippen molar-refractivity contribution in [3.63, 3.8) is 0 Å². The summed E-state index contributed by atoms with van der Waals surface area (Å²) in [5.41, 5.74) is 0.541. The van der Waals surface area contributed by atoms with Gasteiger partial charge in [0, 0.05) is 6.04 Å². The molecule has 2 aliphatic rings. The second-order valence-corrected chi connectivity index (χ2v) is 6.36. The van der Waals surface area contributed by atoms with Gasteiger partial charge in [-0.05, 0) is 31.9 Å². The highest BCUT2D eigenvalue weighted by Crippen LogP contribution is 2.22. The average Bonchev–Trinajstić information content (AvgIpc) is 3.18. The second-order valence-electron chi connectivity index (χ2n) is 6.36. The van der Waals surface area contributed by atoms with E-state index in [9.17, 15) is 19.2 Å². The Bertz CT molecular complexity index is 689. The summed E-state index contributed by atoms with van der Waals surface area (Å²) in [5.74, 6) is -2.20. The number of hydrogen-bond donors (Lipinski definition) is 1. The molecule has 0 radical (unpaired) electrons. The highest BCUT2D eigenvalue weighted by atomic mass is 16.5. The Kier molecular flexibility index (Phi) is 4.83. The van der Waals surface area contributed by atoms with Crippen LogP contribution in [-0.4, -0.2) is 47.3 Å². The zero-order valence-electron chi connectivity index (χ0n) is 14.0. The molecule has 1 heterocycles. The standard InChI is InChI=1S/C18H20N2O5/c1-11(16(22)19-12-6-2-3-7-12)25-15(21)10-20-17(23)13-8-4-5-9-14(13)18(20)24/h4-5,8-9,11-12H,2-3,6-7,10H2,1H3,(H,19,22)/t11-/m0/s1. The fourth-order valence-electron chi connectivity index (χ4n) is 3.19. The maximum atomic E-state index is 12.2. The summed E-state index contributed by atoms with van der Waals surface area (Å²) in [6, 6.07) is 6.52. The van der Waals surface area contributed by atoms with Crippen LogP contribution in [0.1, 0.15) is 53.3 Å². The van der Waals surface area contributed by atoms with E-state index >= 15 is 0 Å². The molecule has 1 fully saturated rings. The number of amides is 3. The summed E-state index contributed by atoms with van der Waals surface area (Å²) in [4.78, 5) is 49.4. The fourth-order valence-corrected chi connectivity index (χ4v) is 3.19. The predicted octanol–water partition coefficient (Wildman–Crippen LogP) is 1.27. The van der Waals surface area contributed by atoms with Crippen LogP contribution in [0.2, 0.25) is 0 Å². The number of imide groups is 1. The first-order chi connectivity index (χ1) is 12.0. The molecule has 0 spiro atoms. The smallest absolute Gasteiger partial charge is 0.326 e. The molecule has 1 aliphatic heterocycles. The van der Waals surface area contributed by atoms with Crippen LogP contribution in [0.4, 0.5) is 0 Å². The number of nitrogens with zero attached hydrogens (tertiary/aromatic N) is 1. The van der Waals surface area contributed by atoms with Gasteiger partial charge in [0.1, 0.15) is 6.54 Å². The van der Waals surface area contributed by atoms with Crippen molar-refractivity contribution in [1.82, 2.24) is 10.2 Å². The molecule has 1 aromatic carbocycles. The second kappa shape index (κ2) is 7.04. The molecule has 3 rings (SSSR count). The molecule has 1 saturated carbocycles. The molecule has 0 aromatic heterocycles. The number of hydrogen-bond acceptors (Lipinski definition) is 5. The first kappa shape index (κ1) is 17.1. The monoisotopic (exact) mass is 344 g/mol. The number of rotatable bonds is 5. The minimum Gasteiger partial charge on any atom is -0.451 e. The molecule has 0 bridgehead atoms. The summed E-state index contributed by atoms with van der Waals surface area (Å²) in [7, 11) is 0. The van der Waals surface area contributed by atoms with Crippen molar-refractivity contribution in [3.8, 4) is 0 Å². The van der Waals surface area contributed by atoms with Crippen molar-refractivity contribution in [2.75, 3.05) is 6.54 Å². The maximum Gasteiger partial charge on any atom is 0.326 e. The summed E-state index contributed by atoms with van der Waals surface area (Å²) < 4.78 is 5.08. The number of fused-ring (bicyclic) bond motifs is 1. The highest BCUT2D eigenvalue weighted by Gasteiger charge is 2.37. The van der Waals surface area contributed by atoms with Crippen molar-refractivity contribution < 1.29 is 23.9 Å². The Hall–Kier alpha value is -2.70. The SMILES string of the molecule is C[C@H](OC(=O)CN1C(=O)c2ccccc2C1=O)C(=O)NC1CCCC1. The third-order valence-electron chi connectivity index (χ3n) is 4.54. The van der Waals surface area contributed by atoms with Crippen molar-refractivity contribution in [1.29, 1.82) is 0 Å². The summed E-state index contributed by atoms with van der Waals surface area (Å²) in [6.45, 7) is 0.970. The lowest BCUT2D eigenvalue weighted by atomic mass is 10.1.